The summed E-state index contributed by atoms with van der Waals surface area (Å²) in [5.41, 5.74) is 1.29. The molecule has 0 spiro atoms. The summed E-state index contributed by atoms with van der Waals surface area (Å²) in [4.78, 5) is 22.8. The first-order chi connectivity index (χ1) is 14.6. The van der Waals surface area contributed by atoms with Crippen LogP contribution in [0, 0.1) is 6.92 Å². The maximum atomic E-state index is 12.2. The summed E-state index contributed by atoms with van der Waals surface area (Å²) < 4.78 is 46.3. The number of nitrogens with zero attached hydrogens (tertiary/aromatic N) is 3. The van der Waals surface area contributed by atoms with Gasteiger partial charge in [0.1, 0.15) is 29.3 Å². The highest BCUT2D eigenvalue weighted by molar-refractivity contribution is 6.03. The molecule has 2 aromatic rings. The van der Waals surface area contributed by atoms with Gasteiger partial charge in [0.15, 0.2) is 5.82 Å². The second kappa shape index (κ2) is 7.78. The van der Waals surface area contributed by atoms with Gasteiger partial charge in [-0.25, -0.2) is 4.98 Å². The first kappa shape index (κ1) is 21.0. The number of likely N-dealkylation sites (N-methyl/N-ethyl adjacent to an activating group) is 1. The van der Waals surface area contributed by atoms with Gasteiger partial charge in [-0.1, -0.05) is 0 Å². The molecule has 1 fully saturated rings. The number of aromatic nitrogens is 2. The van der Waals surface area contributed by atoms with E-state index in [0.29, 0.717) is 41.7 Å². The molecule has 1 saturated carbocycles. The van der Waals surface area contributed by atoms with Crippen molar-refractivity contribution in [3.05, 3.63) is 30.0 Å². The number of anilines is 3. The summed E-state index contributed by atoms with van der Waals surface area (Å²) in [6, 6.07) is 5.11. The van der Waals surface area contributed by atoms with Gasteiger partial charge in [-0.15, -0.1) is 13.2 Å². The Morgan fingerprint density at radius 2 is 1.81 bits per heavy atom. The van der Waals surface area contributed by atoms with Crippen molar-refractivity contribution < 1.29 is 27.4 Å². The highest BCUT2D eigenvalue weighted by Crippen LogP contribution is 2.34. The molecule has 1 aliphatic carbocycles. The SMILES string of the molecule is Cc1nc(N[C@H]2C[C@H](Oc3ccc(OC(F)(F)F)cc3)C2)nc2c1NC(=O)[C@H](C)N2C. The van der Waals surface area contributed by atoms with Gasteiger partial charge in [0.25, 0.3) is 0 Å². The number of halogens is 3. The molecular formula is C20H22F3N5O3. The number of benzene rings is 1. The monoisotopic (exact) mass is 437 g/mol. The van der Waals surface area contributed by atoms with Crippen LogP contribution in [0.5, 0.6) is 11.5 Å². The Labute approximate surface area is 176 Å². The number of carbonyl (C=O) groups excluding carboxylic acids is 1. The minimum Gasteiger partial charge on any atom is -0.490 e. The van der Waals surface area contributed by atoms with Crippen molar-refractivity contribution in [2.45, 2.75) is 51.2 Å². The quantitative estimate of drug-likeness (QED) is 0.740. The third kappa shape index (κ3) is 4.59. The molecule has 2 heterocycles. The van der Waals surface area contributed by atoms with Crippen LogP contribution in [0.1, 0.15) is 25.5 Å². The highest BCUT2D eigenvalue weighted by atomic mass is 19.4. The van der Waals surface area contributed by atoms with E-state index in [-0.39, 0.29) is 29.8 Å². The molecule has 4 rings (SSSR count). The minimum absolute atomic E-state index is 0.0624. The lowest BCUT2D eigenvalue weighted by atomic mass is 9.89. The van der Waals surface area contributed by atoms with Crippen LogP contribution < -0.4 is 25.0 Å². The van der Waals surface area contributed by atoms with E-state index < -0.39 is 6.36 Å². The molecule has 2 N–H and O–H groups in total. The van der Waals surface area contributed by atoms with E-state index in [2.05, 4.69) is 25.3 Å². The minimum atomic E-state index is -4.72. The molecule has 0 unspecified atom stereocenters. The smallest absolute Gasteiger partial charge is 0.490 e. The van der Waals surface area contributed by atoms with E-state index in [0.717, 1.165) is 0 Å². The van der Waals surface area contributed by atoms with Crippen molar-refractivity contribution in [3.8, 4) is 11.5 Å². The molecule has 0 saturated heterocycles. The van der Waals surface area contributed by atoms with Crippen molar-refractivity contribution in [1.82, 2.24) is 9.97 Å². The number of rotatable bonds is 5. The zero-order valence-electron chi connectivity index (χ0n) is 17.2. The fourth-order valence-electron chi connectivity index (χ4n) is 3.49. The van der Waals surface area contributed by atoms with Crippen LogP contribution in [0.3, 0.4) is 0 Å². The lowest BCUT2D eigenvalue weighted by Gasteiger charge is -2.37. The number of alkyl halides is 3. The molecule has 31 heavy (non-hydrogen) atoms. The Morgan fingerprint density at radius 1 is 1.16 bits per heavy atom. The summed E-state index contributed by atoms with van der Waals surface area (Å²) in [6.07, 6.45) is -3.38. The van der Waals surface area contributed by atoms with Gasteiger partial charge in [0.2, 0.25) is 11.9 Å². The Balaban J connectivity index is 1.32. The largest absolute Gasteiger partial charge is 0.573 e. The van der Waals surface area contributed by atoms with Gasteiger partial charge in [0, 0.05) is 25.9 Å². The average Bonchev–Trinajstić information content (AvgIpc) is 2.66. The molecule has 0 radical (unpaired) electrons. The molecule has 0 bridgehead atoms. The van der Waals surface area contributed by atoms with E-state index in [1.807, 2.05) is 18.9 Å². The average molecular weight is 437 g/mol. The van der Waals surface area contributed by atoms with Gasteiger partial charge >= 0.3 is 6.36 Å². The van der Waals surface area contributed by atoms with Gasteiger partial charge < -0.3 is 25.0 Å². The van der Waals surface area contributed by atoms with Crippen LogP contribution >= 0.6 is 0 Å². The summed E-state index contributed by atoms with van der Waals surface area (Å²) in [5, 5.41) is 6.12. The topological polar surface area (TPSA) is 88.6 Å². The fraction of sp³-hybridized carbons (Fsp3) is 0.450. The predicted octanol–water partition coefficient (Wildman–Crippen LogP) is 3.48. The van der Waals surface area contributed by atoms with Crippen LogP contribution in [-0.4, -0.2) is 47.5 Å². The summed E-state index contributed by atoms with van der Waals surface area (Å²) in [7, 11) is 1.82. The first-order valence-electron chi connectivity index (χ1n) is 9.80. The number of ether oxygens (including phenoxy) is 2. The van der Waals surface area contributed by atoms with Crippen molar-refractivity contribution in [2.75, 3.05) is 22.6 Å². The second-order valence-electron chi connectivity index (χ2n) is 7.68. The van der Waals surface area contributed by atoms with E-state index in [9.17, 15) is 18.0 Å². The van der Waals surface area contributed by atoms with Crippen LogP contribution in [0.15, 0.2) is 24.3 Å². The number of nitrogens with one attached hydrogen (secondary N) is 2. The van der Waals surface area contributed by atoms with Crippen LogP contribution in [0.4, 0.5) is 30.6 Å². The lowest BCUT2D eigenvalue weighted by molar-refractivity contribution is -0.274. The highest BCUT2D eigenvalue weighted by Gasteiger charge is 2.34. The van der Waals surface area contributed by atoms with E-state index in [4.69, 9.17) is 4.74 Å². The fourth-order valence-corrected chi connectivity index (χ4v) is 3.49. The Morgan fingerprint density at radius 3 is 2.45 bits per heavy atom. The molecule has 2 aliphatic rings. The van der Waals surface area contributed by atoms with E-state index >= 15 is 0 Å². The van der Waals surface area contributed by atoms with Crippen molar-refractivity contribution in [3.63, 3.8) is 0 Å². The maximum Gasteiger partial charge on any atom is 0.573 e. The van der Waals surface area contributed by atoms with Gasteiger partial charge in [-0.2, -0.15) is 4.98 Å². The van der Waals surface area contributed by atoms with Crippen molar-refractivity contribution in [2.24, 2.45) is 0 Å². The molecular weight excluding hydrogens is 415 g/mol. The molecule has 1 aromatic heterocycles. The molecule has 11 heteroatoms. The Bertz CT molecular complexity index is 977. The summed E-state index contributed by atoms with van der Waals surface area (Å²) in [5.74, 6) is 1.23. The molecule has 1 aliphatic heterocycles. The number of carbonyl (C=O) groups is 1. The van der Waals surface area contributed by atoms with Crippen molar-refractivity contribution >= 4 is 23.4 Å². The van der Waals surface area contributed by atoms with Gasteiger partial charge in [-0.05, 0) is 38.1 Å². The number of aryl methyl sites for hydroxylation is 1. The van der Waals surface area contributed by atoms with Crippen LogP contribution in [0.25, 0.3) is 0 Å². The Kier molecular flexibility index (Phi) is 5.28. The number of fused-ring (bicyclic) bond motifs is 1. The maximum absolute atomic E-state index is 12.2. The van der Waals surface area contributed by atoms with Crippen LogP contribution in [-0.2, 0) is 4.79 Å². The number of hydrogen-bond acceptors (Lipinski definition) is 7. The number of hydrogen-bond donors (Lipinski definition) is 2. The lowest BCUT2D eigenvalue weighted by Crippen LogP contribution is -2.45. The summed E-state index contributed by atoms with van der Waals surface area (Å²) >= 11 is 0. The van der Waals surface area contributed by atoms with Gasteiger partial charge in [-0.3, -0.25) is 4.79 Å². The van der Waals surface area contributed by atoms with Gasteiger partial charge in [0.05, 0.1) is 5.69 Å². The van der Waals surface area contributed by atoms with Crippen molar-refractivity contribution in [1.29, 1.82) is 0 Å². The summed E-state index contributed by atoms with van der Waals surface area (Å²) in [6.45, 7) is 3.62. The van der Waals surface area contributed by atoms with Crippen LogP contribution in [0.2, 0.25) is 0 Å². The standard InChI is InChI=1S/C20H22F3N5O3/c1-10-16-17(28(3)11(2)18(29)26-16)27-19(24-10)25-12-8-15(9-12)30-13-4-6-14(7-5-13)31-20(21,22)23/h4-7,11-12,15H,8-9H2,1-3H3,(H,26,29)(H,24,25,27)/t11-,12-,15-/m0/s1. The number of amides is 1. The third-order valence-corrected chi connectivity index (χ3v) is 5.40. The molecule has 8 nitrogen and oxygen atoms in total. The zero-order valence-corrected chi connectivity index (χ0v) is 17.2. The zero-order chi connectivity index (χ0) is 22.3. The van der Waals surface area contributed by atoms with E-state index in [1.54, 1.807) is 6.92 Å². The van der Waals surface area contributed by atoms with E-state index in [1.165, 1.54) is 24.3 Å². The molecule has 1 amide bonds. The molecule has 1 atom stereocenters. The second-order valence-corrected chi connectivity index (χ2v) is 7.68. The third-order valence-electron chi connectivity index (χ3n) is 5.40. The molecule has 166 valence electrons. The molecule has 1 aromatic carbocycles. The first-order valence-corrected chi connectivity index (χ1v) is 9.80. The normalized spacial score (nSPS) is 22.8. The predicted molar refractivity (Wildman–Crippen MR) is 107 cm³/mol. The Hall–Kier alpha value is -3.24.